The topological polar surface area (TPSA) is 91.1 Å². The quantitative estimate of drug-likeness (QED) is 0.250. The smallest absolute Gasteiger partial charge is 0.216 e. The Hall–Kier alpha value is -2.07. The highest BCUT2D eigenvalue weighted by Crippen LogP contribution is 2.17. The summed E-state index contributed by atoms with van der Waals surface area (Å²) in [6.45, 7) is 5.46. The molecule has 0 bridgehead atoms. The van der Waals surface area contributed by atoms with Crippen molar-refractivity contribution >= 4 is 41.5 Å². The number of hydrogen-bond donors (Lipinski definition) is 3. The standard InChI is InChI=1S/C19H23ClN6O.HI/c1-3-21-19(23-13(2)14-6-4-7-15(20)12-14)22-10-9-17-24-18(26-25-17)16-8-5-11-27-16;/h4-8,11-13H,3,9-10H2,1-2H3,(H2,21,22,23)(H,24,25,26);1H. The lowest BCUT2D eigenvalue weighted by atomic mass is 10.1. The third-order valence-electron chi connectivity index (χ3n) is 3.94. The summed E-state index contributed by atoms with van der Waals surface area (Å²) in [5.74, 6) is 2.71. The Morgan fingerprint density at radius 2 is 2.18 bits per heavy atom. The van der Waals surface area contributed by atoms with Gasteiger partial charge in [-0.1, -0.05) is 23.7 Å². The molecule has 150 valence electrons. The second-order valence-electron chi connectivity index (χ2n) is 6.01. The zero-order valence-corrected chi connectivity index (χ0v) is 18.9. The van der Waals surface area contributed by atoms with Crippen LogP contribution in [0.25, 0.3) is 11.6 Å². The molecule has 3 rings (SSSR count). The summed E-state index contributed by atoms with van der Waals surface area (Å²) in [4.78, 5) is 9.05. The van der Waals surface area contributed by atoms with Crippen LogP contribution in [0.1, 0.15) is 31.3 Å². The summed E-state index contributed by atoms with van der Waals surface area (Å²) >= 11 is 6.08. The van der Waals surface area contributed by atoms with Crippen molar-refractivity contribution < 1.29 is 4.42 Å². The lowest BCUT2D eigenvalue weighted by Crippen LogP contribution is -2.38. The van der Waals surface area contributed by atoms with Gasteiger partial charge in [-0.2, -0.15) is 5.10 Å². The fourth-order valence-corrected chi connectivity index (χ4v) is 2.78. The van der Waals surface area contributed by atoms with Gasteiger partial charge >= 0.3 is 0 Å². The maximum absolute atomic E-state index is 6.08. The van der Waals surface area contributed by atoms with Crippen molar-refractivity contribution in [2.45, 2.75) is 26.3 Å². The van der Waals surface area contributed by atoms with Crippen LogP contribution in [0.4, 0.5) is 0 Å². The fraction of sp³-hybridized carbons (Fsp3) is 0.316. The van der Waals surface area contributed by atoms with E-state index in [0.717, 1.165) is 28.9 Å². The predicted molar refractivity (Wildman–Crippen MR) is 122 cm³/mol. The minimum Gasteiger partial charge on any atom is -0.461 e. The van der Waals surface area contributed by atoms with E-state index < -0.39 is 0 Å². The summed E-state index contributed by atoms with van der Waals surface area (Å²) < 4.78 is 5.30. The van der Waals surface area contributed by atoms with Crippen molar-refractivity contribution in [3.8, 4) is 11.6 Å². The van der Waals surface area contributed by atoms with E-state index in [0.29, 0.717) is 24.6 Å². The first-order valence-electron chi connectivity index (χ1n) is 8.91. The van der Waals surface area contributed by atoms with Gasteiger partial charge in [0.15, 0.2) is 11.7 Å². The third kappa shape index (κ3) is 6.23. The maximum Gasteiger partial charge on any atom is 0.216 e. The van der Waals surface area contributed by atoms with Gasteiger partial charge in [-0.25, -0.2) is 4.98 Å². The first-order valence-corrected chi connectivity index (χ1v) is 9.29. The van der Waals surface area contributed by atoms with Crippen molar-refractivity contribution in [2.75, 3.05) is 13.1 Å². The van der Waals surface area contributed by atoms with Gasteiger partial charge in [-0.15, -0.1) is 24.0 Å². The molecule has 7 nitrogen and oxygen atoms in total. The number of aliphatic imine (C=N–C) groups is 1. The van der Waals surface area contributed by atoms with E-state index in [-0.39, 0.29) is 30.0 Å². The molecule has 28 heavy (non-hydrogen) atoms. The molecular weight excluding hydrogens is 491 g/mol. The summed E-state index contributed by atoms with van der Waals surface area (Å²) in [5, 5.41) is 14.5. The Balaban J connectivity index is 0.00000280. The molecule has 0 spiro atoms. The number of aromatic nitrogens is 3. The van der Waals surface area contributed by atoms with Crippen molar-refractivity contribution in [3.63, 3.8) is 0 Å². The molecule has 0 saturated carbocycles. The summed E-state index contributed by atoms with van der Waals surface area (Å²) in [5.41, 5.74) is 1.10. The molecule has 1 unspecified atom stereocenters. The molecule has 1 atom stereocenters. The Kier molecular flexibility index (Phi) is 8.78. The monoisotopic (exact) mass is 514 g/mol. The van der Waals surface area contributed by atoms with Gasteiger partial charge in [0.05, 0.1) is 12.3 Å². The molecule has 0 saturated heterocycles. The molecule has 3 N–H and O–H groups in total. The Bertz CT molecular complexity index is 880. The molecule has 0 aliphatic carbocycles. The highest BCUT2D eigenvalue weighted by molar-refractivity contribution is 14.0. The number of H-pyrrole nitrogens is 1. The van der Waals surface area contributed by atoms with Gasteiger partial charge in [0.1, 0.15) is 5.82 Å². The largest absolute Gasteiger partial charge is 0.461 e. The maximum atomic E-state index is 6.08. The molecular formula is C19H24ClIN6O. The van der Waals surface area contributed by atoms with Crippen LogP contribution >= 0.6 is 35.6 Å². The van der Waals surface area contributed by atoms with Crippen molar-refractivity contribution in [1.29, 1.82) is 0 Å². The van der Waals surface area contributed by atoms with Gasteiger partial charge in [-0.05, 0) is 43.7 Å². The zero-order chi connectivity index (χ0) is 19.1. The molecule has 0 fully saturated rings. The average Bonchev–Trinajstić information content (AvgIpc) is 3.33. The number of guanidine groups is 1. The summed E-state index contributed by atoms with van der Waals surface area (Å²) in [6.07, 6.45) is 2.25. The number of hydrogen-bond acceptors (Lipinski definition) is 4. The van der Waals surface area contributed by atoms with Crippen LogP contribution in [-0.4, -0.2) is 34.2 Å². The minimum atomic E-state index is 0. The first kappa shape index (κ1) is 22.2. The highest BCUT2D eigenvalue weighted by atomic mass is 127. The van der Waals surface area contributed by atoms with E-state index in [9.17, 15) is 0 Å². The van der Waals surface area contributed by atoms with Crippen LogP contribution in [-0.2, 0) is 6.42 Å². The van der Waals surface area contributed by atoms with E-state index in [4.69, 9.17) is 16.0 Å². The van der Waals surface area contributed by atoms with Crippen LogP contribution < -0.4 is 10.6 Å². The number of rotatable bonds is 7. The fourth-order valence-electron chi connectivity index (χ4n) is 2.58. The SMILES string of the molecule is CCNC(=NCCc1nc(-c2ccco2)n[nH]1)NC(C)c1cccc(Cl)c1.I. The third-order valence-corrected chi connectivity index (χ3v) is 4.17. The second kappa shape index (κ2) is 11.1. The van der Waals surface area contributed by atoms with E-state index in [2.05, 4.69) is 37.7 Å². The van der Waals surface area contributed by atoms with Crippen LogP contribution in [0.3, 0.4) is 0 Å². The van der Waals surface area contributed by atoms with Crippen molar-refractivity contribution in [3.05, 3.63) is 59.1 Å². The van der Waals surface area contributed by atoms with E-state index >= 15 is 0 Å². The van der Waals surface area contributed by atoms with Crippen LogP contribution in [0.15, 0.2) is 52.1 Å². The number of aromatic amines is 1. The van der Waals surface area contributed by atoms with Crippen LogP contribution in [0.2, 0.25) is 5.02 Å². The predicted octanol–water partition coefficient (Wildman–Crippen LogP) is 4.19. The van der Waals surface area contributed by atoms with Gasteiger partial charge < -0.3 is 15.1 Å². The molecule has 0 aliphatic rings. The Morgan fingerprint density at radius 1 is 1.32 bits per heavy atom. The normalized spacial score (nSPS) is 12.3. The van der Waals surface area contributed by atoms with Gasteiger partial charge in [0, 0.05) is 24.5 Å². The number of furan rings is 1. The van der Waals surface area contributed by atoms with Crippen molar-refractivity contribution in [1.82, 2.24) is 25.8 Å². The average molecular weight is 515 g/mol. The number of halogens is 2. The lowest BCUT2D eigenvalue weighted by Gasteiger charge is -2.18. The molecule has 2 heterocycles. The number of nitrogens with zero attached hydrogens (tertiary/aromatic N) is 3. The number of nitrogens with one attached hydrogen (secondary N) is 3. The van der Waals surface area contributed by atoms with Gasteiger partial charge in [0.2, 0.25) is 5.82 Å². The Morgan fingerprint density at radius 3 is 2.89 bits per heavy atom. The molecule has 3 aromatic rings. The molecule has 0 radical (unpaired) electrons. The molecule has 0 aliphatic heterocycles. The summed E-state index contributed by atoms with van der Waals surface area (Å²) in [6, 6.07) is 11.5. The molecule has 1 aromatic carbocycles. The lowest BCUT2D eigenvalue weighted by molar-refractivity contribution is 0.577. The van der Waals surface area contributed by atoms with E-state index in [1.54, 1.807) is 6.26 Å². The van der Waals surface area contributed by atoms with E-state index in [1.807, 2.05) is 43.3 Å². The molecule has 2 aromatic heterocycles. The summed E-state index contributed by atoms with van der Waals surface area (Å²) in [7, 11) is 0. The molecule has 0 amide bonds. The van der Waals surface area contributed by atoms with Gasteiger partial charge in [0.25, 0.3) is 0 Å². The highest BCUT2D eigenvalue weighted by Gasteiger charge is 2.10. The molecule has 9 heteroatoms. The van der Waals surface area contributed by atoms with Gasteiger partial charge in [-0.3, -0.25) is 10.1 Å². The van der Waals surface area contributed by atoms with Crippen LogP contribution in [0.5, 0.6) is 0 Å². The van der Waals surface area contributed by atoms with E-state index in [1.165, 1.54) is 0 Å². The number of benzene rings is 1. The van der Waals surface area contributed by atoms with Crippen LogP contribution in [0, 0.1) is 0 Å². The first-order chi connectivity index (χ1) is 13.2. The second-order valence-corrected chi connectivity index (χ2v) is 6.45. The van der Waals surface area contributed by atoms with Crippen molar-refractivity contribution in [2.24, 2.45) is 4.99 Å². The Labute approximate surface area is 186 Å². The minimum absolute atomic E-state index is 0. The zero-order valence-electron chi connectivity index (χ0n) is 15.8.